The van der Waals surface area contributed by atoms with Gasteiger partial charge in [-0.05, 0) is 38.1 Å². The number of alkyl halides is 3. The summed E-state index contributed by atoms with van der Waals surface area (Å²) in [6.07, 6.45) is -3.00. The second-order valence-electron chi connectivity index (χ2n) is 4.63. The first-order valence-electron chi connectivity index (χ1n) is 6.76. The van der Waals surface area contributed by atoms with E-state index in [1.165, 1.54) is 18.3 Å². The summed E-state index contributed by atoms with van der Waals surface area (Å²) in [5.74, 6) is -0.530. The van der Waals surface area contributed by atoms with Crippen molar-refractivity contribution in [3.05, 3.63) is 47.4 Å². The number of rotatable bonds is 4. The number of benzene rings is 1. The molecule has 2 rings (SSSR count). The van der Waals surface area contributed by atoms with E-state index in [0.717, 1.165) is 12.1 Å². The van der Waals surface area contributed by atoms with Gasteiger partial charge in [-0.3, -0.25) is 0 Å². The Bertz CT molecular complexity index is 700. The molecular formula is C15H14F3N3O2. The molecule has 1 N–H and O–H groups in total. The zero-order valence-corrected chi connectivity index (χ0v) is 12.4. The number of hydrogen-bond donors (Lipinski definition) is 1. The van der Waals surface area contributed by atoms with Gasteiger partial charge in [0.25, 0.3) is 0 Å². The molecule has 0 aliphatic carbocycles. The van der Waals surface area contributed by atoms with Gasteiger partial charge in [0.05, 0.1) is 17.9 Å². The Morgan fingerprint density at radius 3 is 2.48 bits per heavy atom. The average molecular weight is 325 g/mol. The minimum Gasteiger partial charge on any atom is -0.461 e. The Balaban J connectivity index is 2.29. The van der Waals surface area contributed by atoms with Crippen molar-refractivity contribution in [2.45, 2.75) is 20.0 Å². The first-order chi connectivity index (χ1) is 10.8. The number of esters is 1. The second-order valence-corrected chi connectivity index (χ2v) is 4.63. The lowest BCUT2D eigenvalue weighted by Gasteiger charge is -2.11. The monoisotopic (exact) mass is 325 g/mol. The van der Waals surface area contributed by atoms with Crippen LogP contribution >= 0.6 is 0 Å². The normalized spacial score (nSPS) is 11.2. The van der Waals surface area contributed by atoms with Crippen molar-refractivity contribution < 1.29 is 22.7 Å². The molecule has 1 aromatic heterocycles. The predicted molar refractivity (Wildman–Crippen MR) is 77.5 cm³/mol. The van der Waals surface area contributed by atoms with Gasteiger partial charge in [0.2, 0.25) is 0 Å². The van der Waals surface area contributed by atoms with Crippen LogP contribution in [0.5, 0.6) is 0 Å². The van der Waals surface area contributed by atoms with Gasteiger partial charge in [-0.2, -0.15) is 13.2 Å². The zero-order chi connectivity index (χ0) is 17.0. The Morgan fingerprint density at radius 2 is 1.91 bits per heavy atom. The highest BCUT2D eigenvalue weighted by Gasteiger charge is 2.30. The van der Waals surface area contributed by atoms with Gasteiger partial charge in [-0.15, -0.1) is 0 Å². The van der Waals surface area contributed by atoms with E-state index in [0.29, 0.717) is 11.4 Å². The number of aryl methyl sites for hydroxylation is 1. The highest BCUT2D eigenvalue weighted by molar-refractivity contribution is 5.93. The molecule has 5 nitrogen and oxygen atoms in total. The number of anilines is 2. The topological polar surface area (TPSA) is 64.1 Å². The van der Waals surface area contributed by atoms with Crippen molar-refractivity contribution in [2.75, 3.05) is 11.9 Å². The van der Waals surface area contributed by atoms with Crippen LogP contribution in [0.25, 0.3) is 0 Å². The van der Waals surface area contributed by atoms with E-state index in [-0.39, 0.29) is 18.1 Å². The molecule has 23 heavy (non-hydrogen) atoms. The van der Waals surface area contributed by atoms with Crippen LogP contribution in [0.2, 0.25) is 0 Å². The van der Waals surface area contributed by atoms with E-state index in [1.54, 1.807) is 13.8 Å². The van der Waals surface area contributed by atoms with Gasteiger partial charge < -0.3 is 10.1 Å². The number of ether oxygens (including phenoxy) is 1. The molecule has 0 atom stereocenters. The highest BCUT2D eigenvalue weighted by atomic mass is 19.4. The molecule has 0 aliphatic heterocycles. The standard InChI is InChI=1S/C15H14F3N3O2/c1-3-23-14(22)12-13(20-9(2)8-19-12)21-11-6-4-10(5-7-11)15(16,17)18/h4-8H,3H2,1-2H3,(H,20,21). The van der Waals surface area contributed by atoms with E-state index in [2.05, 4.69) is 15.3 Å². The number of hydrogen-bond acceptors (Lipinski definition) is 5. The largest absolute Gasteiger partial charge is 0.461 e. The molecular weight excluding hydrogens is 311 g/mol. The molecule has 0 saturated carbocycles. The molecule has 0 radical (unpaired) electrons. The van der Waals surface area contributed by atoms with E-state index < -0.39 is 17.7 Å². The molecule has 0 spiro atoms. The fraction of sp³-hybridized carbons (Fsp3) is 0.267. The quantitative estimate of drug-likeness (QED) is 0.868. The molecule has 0 bridgehead atoms. The Labute approximate surface area is 130 Å². The molecule has 0 saturated heterocycles. The van der Waals surface area contributed by atoms with E-state index >= 15 is 0 Å². The summed E-state index contributed by atoms with van der Waals surface area (Å²) in [5.41, 5.74) is 0.109. The summed E-state index contributed by atoms with van der Waals surface area (Å²) in [5, 5.41) is 2.79. The molecule has 8 heteroatoms. The van der Waals surface area contributed by atoms with E-state index in [9.17, 15) is 18.0 Å². The average Bonchev–Trinajstić information content (AvgIpc) is 2.47. The van der Waals surface area contributed by atoms with Crippen LogP contribution < -0.4 is 5.32 Å². The lowest BCUT2D eigenvalue weighted by atomic mass is 10.2. The van der Waals surface area contributed by atoms with Gasteiger partial charge in [0.15, 0.2) is 11.5 Å². The van der Waals surface area contributed by atoms with Crippen LogP contribution in [-0.2, 0) is 10.9 Å². The van der Waals surface area contributed by atoms with Crippen molar-refractivity contribution in [1.82, 2.24) is 9.97 Å². The van der Waals surface area contributed by atoms with Crippen molar-refractivity contribution in [1.29, 1.82) is 0 Å². The molecule has 1 heterocycles. The van der Waals surface area contributed by atoms with Gasteiger partial charge in [-0.1, -0.05) is 0 Å². The van der Waals surface area contributed by atoms with Gasteiger partial charge in [-0.25, -0.2) is 14.8 Å². The number of aromatic nitrogens is 2. The molecule has 0 amide bonds. The number of halogens is 3. The van der Waals surface area contributed by atoms with Gasteiger partial charge in [0, 0.05) is 11.9 Å². The van der Waals surface area contributed by atoms with Crippen LogP contribution in [0.15, 0.2) is 30.5 Å². The van der Waals surface area contributed by atoms with Crippen molar-refractivity contribution in [3.8, 4) is 0 Å². The SMILES string of the molecule is CCOC(=O)c1ncc(C)nc1Nc1ccc(C(F)(F)F)cc1. The molecule has 0 fully saturated rings. The second kappa shape index (κ2) is 6.64. The summed E-state index contributed by atoms with van der Waals surface area (Å²) < 4.78 is 42.5. The van der Waals surface area contributed by atoms with Crippen molar-refractivity contribution in [3.63, 3.8) is 0 Å². The summed E-state index contributed by atoms with van der Waals surface area (Å²) >= 11 is 0. The molecule has 1 aromatic carbocycles. The fourth-order valence-electron chi connectivity index (χ4n) is 1.79. The smallest absolute Gasteiger partial charge is 0.416 e. The number of carbonyl (C=O) groups is 1. The summed E-state index contributed by atoms with van der Waals surface area (Å²) in [7, 11) is 0. The van der Waals surface area contributed by atoms with Crippen molar-refractivity contribution in [2.24, 2.45) is 0 Å². The summed E-state index contributed by atoms with van der Waals surface area (Å²) in [6.45, 7) is 3.51. The van der Waals surface area contributed by atoms with Gasteiger partial charge >= 0.3 is 12.1 Å². The minimum atomic E-state index is -4.40. The maximum absolute atomic E-state index is 12.6. The van der Waals surface area contributed by atoms with E-state index in [1.807, 2.05) is 0 Å². The molecule has 122 valence electrons. The number of carbonyl (C=O) groups excluding carboxylic acids is 1. The third kappa shape index (κ3) is 4.18. The third-order valence-electron chi connectivity index (χ3n) is 2.84. The Kier molecular flexibility index (Phi) is 4.83. The summed E-state index contributed by atoms with van der Waals surface area (Å²) in [6, 6.07) is 4.38. The molecule has 0 aliphatic rings. The molecule has 0 unspecified atom stereocenters. The third-order valence-corrected chi connectivity index (χ3v) is 2.84. The van der Waals surface area contributed by atoms with Crippen LogP contribution in [0.3, 0.4) is 0 Å². The maximum atomic E-state index is 12.6. The lowest BCUT2D eigenvalue weighted by Crippen LogP contribution is -2.12. The first-order valence-corrected chi connectivity index (χ1v) is 6.76. The zero-order valence-electron chi connectivity index (χ0n) is 12.4. The Hall–Kier alpha value is -2.64. The lowest BCUT2D eigenvalue weighted by molar-refractivity contribution is -0.137. The predicted octanol–water partition coefficient (Wildman–Crippen LogP) is 3.72. The van der Waals surface area contributed by atoms with Gasteiger partial charge in [0.1, 0.15) is 0 Å². The number of nitrogens with one attached hydrogen (secondary N) is 1. The van der Waals surface area contributed by atoms with Crippen LogP contribution in [0.1, 0.15) is 28.7 Å². The van der Waals surface area contributed by atoms with Crippen LogP contribution in [0.4, 0.5) is 24.7 Å². The van der Waals surface area contributed by atoms with Crippen LogP contribution in [0, 0.1) is 6.92 Å². The van der Waals surface area contributed by atoms with Crippen LogP contribution in [-0.4, -0.2) is 22.5 Å². The minimum absolute atomic E-state index is 0.0302. The highest BCUT2D eigenvalue weighted by Crippen LogP contribution is 2.30. The van der Waals surface area contributed by atoms with E-state index in [4.69, 9.17) is 4.74 Å². The van der Waals surface area contributed by atoms with Crippen molar-refractivity contribution >= 4 is 17.5 Å². The summed E-state index contributed by atoms with van der Waals surface area (Å²) in [4.78, 5) is 20.0. The fourth-order valence-corrected chi connectivity index (χ4v) is 1.79. The number of nitrogens with zero attached hydrogens (tertiary/aromatic N) is 2. The molecule has 2 aromatic rings. The first kappa shape index (κ1) is 16.7. The maximum Gasteiger partial charge on any atom is 0.416 e. The Morgan fingerprint density at radius 1 is 1.26 bits per heavy atom.